The Hall–Kier alpha value is -1.10. The molecule has 88 valence electrons. The average molecular weight is 240 g/mol. The monoisotopic (exact) mass is 240 g/mol. The maximum absolute atomic E-state index is 11.5. The Morgan fingerprint density at radius 3 is 3.12 bits per heavy atom. The van der Waals surface area contributed by atoms with Crippen molar-refractivity contribution in [3.63, 3.8) is 0 Å². The van der Waals surface area contributed by atoms with Crippen molar-refractivity contribution in [3.05, 3.63) is 11.2 Å². The van der Waals surface area contributed by atoms with E-state index in [0.29, 0.717) is 12.3 Å². The van der Waals surface area contributed by atoms with Gasteiger partial charge in [0.1, 0.15) is 5.00 Å². The van der Waals surface area contributed by atoms with E-state index in [4.69, 9.17) is 4.74 Å². The van der Waals surface area contributed by atoms with Crippen molar-refractivity contribution >= 4 is 22.3 Å². The fraction of sp³-hybridized carbons (Fsp3) is 0.636. The summed E-state index contributed by atoms with van der Waals surface area (Å²) in [5.41, 5.74) is 2.09. The van der Waals surface area contributed by atoms with Crippen molar-refractivity contribution in [2.24, 2.45) is 11.8 Å². The van der Waals surface area contributed by atoms with E-state index in [0.717, 1.165) is 23.4 Å². The second-order valence-corrected chi connectivity index (χ2v) is 4.96. The molecule has 1 N–H and O–H groups in total. The van der Waals surface area contributed by atoms with E-state index >= 15 is 0 Å². The molecule has 1 aromatic rings. The first kappa shape index (κ1) is 11.4. The molecule has 16 heavy (non-hydrogen) atoms. The highest BCUT2D eigenvalue weighted by molar-refractivity contribution is 7.14. The molecule has 0 aromatic carbocycles. The van der Waals surface area contributed by atoms with Crippen LogP contribution in [0.5, 0.6) is 0 Å². The zero-order valence-electron chi connectivity index (χ0n) is 9.53. The van der Waals surface area contributed by atoms with Gasteiger partial charge >= 0.3 is 5.97 Å². The Morgan fingerprint density at radius 1 is 1.75 bits per heavy atom. The van der Waals surface area contributed by atoms with Crippen molar-refractivity contribution in [2.75, 3.05) is 18.5 Å². The maximum atomic E-state index is 11.5. The summed E-state index contributed by atoms with van der Waals surface area (Å²) in [5.74, 6) is 1.22. The van der Waals surface area contributed by atoms with Gasteiger partial charge in [-0.2, -0.15) is 0 Å². The van der Waals surface area contributed by atoms with Crippen molar-refractivity contribution in [3.8, 4) is 0 Å². The molecule has 0 saturated heterocycles. The number of hydrogen-bond donors (Lipinski definition) is 1. The van der Waals surface area contributed by atoms with Crippen molar-refractivity contribution in [2.45, 2.75) is 20.3 Å². The van der Waals surface area contributed by atoms with E-state index in [1.165, 1.54) is 17.8 Å². The first-order chi connectivity index (χ1) is 7.72. The molecule has 0 bridgehead atoms. The van der Waals surface area contributed by atoms with Gasteiger partial charge < -0.3 is 10.1 Å². The van der Waals surface area contributed by atoms with Crippen molar-refractivity contribution in [1.82, 2.24) is 4.98 Å². The number of esters is 1. The highest BCUT2D eigenvalue weighted by atomic mass is 32.1. The molecule has 2 rings (SSSR count). The Balaban J connectivity index is 1.93. The standard InChI is InChI=1S/C11H16N2O2S/c1-3-15-11(14)9-10(16-6-13-9)12-5-8-4-7(8)2/h6-8,12H,3-5H2,1-2H3. The molecule has 0 amide bonds. The lowest BCUT2D eigenvalue weighted by Gasteiger charge is -2.04. The largest absolute Gasteiger partial charge is 0.461 e. The SMILES string of the molecule is CCOC(=O)c1ncsc1NCC1CC1C. The maximum Gasteiger partial charge on any atom is 0.360 e. The van der Waals surface area contributed by atoms with Gasteiger partial charge in [0.25, 0.3) is 0 Å². The van der Waals surface area contributed by atoms with Crippen LogP contribution >= 0.6 is 11.3 Å². The molecular formula is C11H16N2O2S. The first-order valence-corrected chi connectivity index (χ1v) is 6.44. The molecule has 1 heterocycles. The molecular weight excluding hydrogens is 224 g/mol. The average Bonchev–Trinajstić information content (AvgIpc) is 2.80. The van der Waals surface area contributed by atoms with Crippen LogP contribution in [-0.2, 0) is 4.74 Å². The van der Waals surface area contributed by atoms with Crippen LogP contribution in [0.15, 0.2) is 5.51 Å². The minimum absolute atomic E-state index is 0.338. The minimum Gasteiger partial charge on any atom is -0.461 e. The number of carbonyl (C=O) groups is 1. The number of nitrogens with zero attached hydrogens (tertiary/aromatic N) is 1. The lowest BCUT2D eigenvalue weighted by Crippen LogP contribution is -2.10. The van der Waals surface area contributed by atoms with Crippen molar-refractivity contribution in [1.29, 1.82) is 0 Å². The summed E-state index contributed by atoms with van der Waals surface area (Å²) in [7, 11) is 0. The number of carbonyl (C=O) groups excluding carboxylic acids is 1. The smallest absolute Gasteiger partial charge is 0.360 e. The van der Waals surface area contributed by atoms with E-state index in [-0.39, 0.29) is 5.97 Å². The second-order valence-electron chi connectivity index (χ2n) is 4.10. The highest BCUT2D eigenvalue weighted by Gasteiger charge is 2.32. The summed E-state index contributed by atoms with van der Waals surface area (Å²) in [6.07, 6.45) is 1.28. The zero-order valence-corrected chi connectivity index (χ0v) is 10.3. The third-order valence-corrected chi connectivity index (χ3v) is 3.62. The summed E-state index contributed by atoms with van der Waals surface area (Å²) in [4.78, 5) is 15.6. The summed E-state index contributed by atoms with van der Waals surface area (Å²) < 4.78 is 4.94. The third-order valence-electron chi connectivity index (χ3n) is 2.84. The predicted octanol–water partition coefficient (Wildman–Crippen LogP) is 2.39. The normalized spacial score (nSPS) is 22.9. The molecule has 1 fully saturated rings. The van der Waals surface area contributed by atoms with Gasteiger partial charge in [0, 0.05) is 6.54 Å². The fourth-order valence-corrected chi connectivity index (χ4v) is 2.30. The van der Waals surface area contributed by atoms with Crippen LogP contribution in [-0.4, -0.2) is 24.1 Å². The Bertz CT molecular complexity index is 378. The second kappa shape index (κ2) is 4.82. The molecule has 1 saturated carbocycles. The molecule has 1 aromatic heterocycles. The summed E-state index contributed by atoms with van der Waals surface area (Å²) in [6.45, 7) is 5.35. The van der Waals surface area contributed by atoms with E-state index < -0.39 is 0 Å². The van der Waals surface area contributed by atoms with Gasteiger partial charge in [-0.25, -0.2) is 9.78 Å². The molecule has 0 aliphatic heterocycles. The number of nitrogens with one attached hydrogen (secondary N) is 1. The zero-order chi connectivity index (χ0) is 11.5. The van der Waals surface area contributed by atoms with Gasteiger partial charge in [-0.15, -0.1) is 11.3 Å². The lowest BCUT2D eigenvalue weighted by atomic mass is 10.3. The van der Waals surface area contributed by atoms with E-state index in [1.807, 2.05) is 0 Å². The molecule has 1 aliphatic carbocycles. The summed E-state index contributed by atoms with van der Waals surface area (Å²) in [5, 5.41) is 4.11. The molecule has 4 nitrogen and oxygen atoms in total. The third kappa shape index (κ3) is 2.52. The van der Waals surface area contributed by atoms with E-state index in [2.05, 4.69) is 17.2 Å². The van der Waals surface area contributed by atoms with Gasteiger partial charge in [-0.05, 0) is 25.2 Å². The fourth-order valence-electron chi connectivity index (χ4n) is 1.62. The Labute approximate surface area is 99.0 Å². The minimum atomic E-state index is -0.338. The van der Waals surface area contributed by atoms with Crippen LogP contribution in [0.25, 0.3) is 0 Å². The molecule has 2 atom stereocenters. The van der Waals surface area contributed by atoms with Crippen LogP contribution in [0.4, 0.5) is 5.00 Å². The van der Waals surface area contributed by atoms with Gasteiger partial charge in [-0.1, -0.05) is 6.92 Å². The molecule has 5 heteroatoms. The van der Waals surface area contributed by atoms with Gasteiger partial charge in [0.2, 0.25) is 0 Å². The quantitative estimate of drug-likeness (QED) is 0.803. The van der Waals surface area contributed by atoms with Crippen molar-refractivity contribution < 1.29 is 9.53 Å². The number of rotatable bonds is 5. The van der Waals surface area contributed by atoms with Gasteiger partial charge in [0.05, 0.1) is 12.1 Å². The lowest BCUT2D eigenvalue weighted by molar-refractivity contribution is 0.0521. The summed E-state index contributed by atoms with van der Waals surface area (Å²) in [6, 6.07) is 0. The summed E-state index contributed by atoms with van der Waals surface area (Å²) >= 11 is 1.45. The molecule has 0 radical (unpaired) electrons. The Kier molecular flexibility index (Phi) is 3.43. The van der Waals surface area contributed by atoms with Crippen LogP contribution in [0.1, 0.15) is 30.8 Å². The number of ether oxygens (including phenoxy) is 1. The molecule has 2 unspecified atom stereocenters. The Morgan fingerprint density at radius 2 is 2.50 bits per heavy atom. The number of hydrogen-bond acceptors (Lipinski definition) is 5. The molecule has 0 spiro atoms. The van der Waals surface area contributed by atoms with Gasteiger partial charge in [0.15, 0.2) is 5.69 Å². The number of anilines is 1. The van der Waals surface area contributed by atoms with Crippen LogP contribution < -0.4 is 5.32 Å². The van der Waals surface area contributed by atoms with Gasteiger partial charge in [-0.3, -0.25) is 0 Å². The number of aromatic nitrogens is 1. The first-order valence-electron chi connectivity index (χ1n) is 5.56. The topological polar surface area (TPSA) is 51.2 Å². The van der Waals surface area contributed by atoms with Crippen LogP contribution in [0.3, 0.4) is 0 Å². The van der Waals surface area contributed by atoms with E-state index in [9.17, 15) is 4.79 Å². The van der Waals surface area contributed by atoms with Crippen LogP contribution in [0, 0.1) is 11.8 Å². The van der Waals surface area contributed by atoms with E-state index in [1.54, 1.807) is 12.4 Å². The van der Waals surface area contributed by atoms with Crippen LogP contribution in [0.2, 0.25) is 0 Å². The number of thiazole rings is 1. The predicted molar refractivity (Wildman–Crippen MR) is 63.8 cm³/mol. The molecule has 1 aliphatic rings. The highest BCUT2D eigenvalue weighted by Crippen LogP contribution is 2.38.